The molecule has 1 aromatic rings. The number of rotatable bonds is 3. The van der Waals surface area contributed by atoms with Gasteiger partial charge in [0.1, 0.15) is 6.10 Å². The fourth-order valence-corrected chi connectivity index (χ4v) is 2.03. The molecule has 1 unspecified atom stereocenters. The highest BCUT2D eigenvalue weighted by molar-refractivity contribution is 14.1. The number of hydrogen-bond acceptors (Lipinski definition) is 3. The Labute approximate surface area is 108 Å². The molecule has 0 saturated heterocycles. The van der Waals surface area contributed by atoms with Crippen LogP contribution in [-0.2, 0) is 4.79 Å². The van der Waals surface area contributed by atoms with E-state index in [1.165, 1.54) is 6.92 Å². The van der Waals surface area contributed by atoms with Crippen molar-refractivity contribution in [1.29, 1.82) is 5.26 Å². The van der Waals surface area contributed by atoms with Crippen LogP contribution in [0.3, 0.4) is 0 Å². The second kappa shape index (κ2) is 5.77. The van der Waals surface area contributed by atoms with E-state index in [4.69, 9.17) is 5.26 Å². The molecule has 0 aliphatic heterocycles. The lowest BCUT2D eigenvalue weighted by Crippen LogP contribution is -2.08. The van der Waals surface area contributed by atoms with Crippen LogP contribution < -0.4 is 0 Å². The van der Waals surface area contributed by atoms with Crippen molar-refractivity contribution in [3.8, 4) is 6.07 Å². The lowest BCUT2D eigenvalue weighted by molar-refractivity contribution is -0.114. The summed E-state index contributed by atoms with van der Waals surface area (Å²) in [7, 11) is 0. The van der Waals surface area contributed by atoms with E-state index in [-0.39, 0.29) is 5.78 Å². The van der Waals surface area contributed by atoms with Crippen LogP contribution in [-0.4, -0.2) is 10.9 Å². The first-order valence-corrected chi connectivity index (χ1v) is 5.84. The predicted molar refractivity (Wildman–Crippen MR) is 68.9 cm³/mol. The number of ketones is 1. The fraction of sp³-hybridized carbons (Fsp3) is 0.167. The number of carbonyl (C=O) groups is 1. The van der Waals surface area contributed by atoms with Gasteiger partial charge in [0, 0.05) is 5.57 Å². The number of Topliss-reactive ketones (excluding diaryl/α,β-unsaturated/α-hetero) is 1. The van der Waals surface area contributed by atoms with Crippen LogP contribution in [0.1, 0.15) is 24.2 Å². The summed E-state index contributed by atoms with van der Waals surface area (Å²) in [4.78, 5) is 11.2. The third-order valence-electron chi connectivity index (χ3n) is 2.17. The fourth-order valence-electron chi connectivity index (χ4n) is 1.25. The highest BCUT2D eigenvalue weighted by Gasteiger charge is 2.16. The van der Waals surface area contributed by atoms with Crippen molar-refractivity contribution in [2.45, 2.75) is 13.0 Å². The van der Waals surface area contributed by atoms with Crippen molar-refractivity contribution >= 4 is 28.4 Å². The zero-order chi connectivity index (χ0) is 12.1. The second-order valence-electron chi connectivity index (χ2n) is 3.26. The molecule has 0 fully saturated rings. The van der Waals surface area contributed by atoms with E-state index in [1.807, 2.05) is 28.7 Å². The molecule has 1 rings (SSSR count). The molecule has 1 N–H and O–H groups in total. The third kappa shape index (κ3) is 2.90. The Balaban J connectivity index is 3.01. The minimum absolute atomic E-state index is 0.161. The minimum Gasteiger partial charge on any atom is -0.384 e. The van der Waals surface area contributed by atoms with Crippen LogP contribution in [0.15, 0.2) is 33.9 Å². The summed E-state index contributed by atoms with van der Waals surface area (Å²) < 4.78 is 1.57. The summed E-state index contributed by atoms with van der Waals surface area (Å²) in [6, 6.07) is 8.51. The van der Waals surface area contributed by atoms with E-state index in [0.717, 1.165) is 0 Å². The molecule has 1 atom stereocenters. The van der Waals surface area contributed by atoms with Crippen molar-refractivity contribution in [3.63, 3.8) is 0 Å². The first-order chi connectivity index (χ1) is 7.60. The van der Waals surface area contributed by atoms with Crippen LogP contribution in [0.2, 0.25) is 0 Å². The van der Waals surface area contributed by atoms with Crippen molar-refractivity contribution in [3.05, 3.63) is 45.0 Å². The van der Waals surface area contributed by atoms with E-state index < -0.39 is 6.10 Å². The van der Waals surface area contributed by atoms with Crippen LogP contribution >= 0.6 is 22.6 Å². The van der Waals surface area contributed by atoms with E-state index in [0.29, 0.717) is 16.7 Å². The lowest BCUT2D eigenvalue weighted by atomic mass is 9.99. The molecule has 0 heterocycles. The molecule has 4 heteroatoms. The number of aliphatic hydroxyl groups excluding tert-OH is 1. The van der Waals surface area contributed by atoms with Crippen molar-refractivity contribution in [2.24, 2.45) is 0 Å². The SMILES string of the molecule is CC(=O)/C(=C\I)C(O)c1ccc(C#N)cc1. The zero-order valence-corrected chi connectivity index (χ0v) is 10.8. The molecule has 0 spiro atoms. The molecule has 0 aliphatic carbocycles. The lowest BCUT2D eigenvalue weighted by Gasteiger charge is -2.12. The largest absolute Gasteiger partial charge is 0.384 e. The van der Waals surface area contributed by atoms with Gasteiger partial charge in [0.2, 0.25) is 0 Å². The summed E-state index contributed by atoms with van der Waals surface area (Å²) in [6.45, 7) is 1.41. The van der Waals surface area contributed by atoms with Gasteiger partial charge in [0.05, 0.1) is 11.6 Å². The molecular weight excluding hydrogens is 317 g/mol. The average Bonchev–Trinajstić information content (AvgIpc) is 2.29. The molecule has 3 nitrogen and oxygen atoms in total. The molecule has 0 bridgehead atoms. The van der Waals surface area contributed by atoms with Gasteiger partial charge in [-0.25, -0.2) is 0 Å². The van der Waals surface area contributed by atoms with Gasteiger partial charge in [-0.05, 0) is 28.7 Å². The second-order valence-corrected chi connectivity index (χ2v) is 3.88. The zero-order valence-electron chi connectivity index (χ0n) is 8.64. The minimum atomic E-state index is -0.929. The monoisotopic (exact) mass is 327 g/mol. The van der Waals surface area contributed by atoms with Gasteiger partial charge < -0.3 is 5.11 Å². The molecular formula is C12H10INO2. The quantitative estimate of drug-likeness (QED) is 0.685. The van der Waals surface area contributed by atoms with Crippen LogP contribution in [0.4, 0.5) is 0 Å². The molecule has 0 saturated carbocycles. The van der Waals surface area contributed by atoms with Gasteiger partial charge in [0.25, 0.3) is 0 Å². The standard InChI is InChI=1S/C12H10INO2/c1-8(15)11(6-13)12(16)10-4-2-9(7-14)3-5-10/h2-6,12,16H,1H3/b11-6+. The molecule has 0 radical (unpaired) electrons. The molecule has 0 aromatic heterocycles. The van der Waals surface area contributed by atoms with Gasteiger partial charge in [0.15, 0.2) is 5.78 Å². The Hall–Kier alpha value is -1.19. The Morgan fingerprint density at radius 1 is 1.50 bits per heavy atom. The molecule has 16 heavy (non-hydrogen) atoms. The Bertz CT molecular complexity index is 457. The van der Waals surface area contributed by atoms with Gasteiger partial charge in [-0.1, -0.05) is 34.7 Å². The number of nitriles is 1. The number of aliphatic hydroxyl groups is 1. The van der Waals surface area contributed by atoms with E-state index in [9.17, 15) is 9.90 Å². The van der Waals surface area contributed by atoms with Gasteiger partial charge >= 0.3 is 0 Å². The number of carbonyl (C=O) groups excluding carboxylic acids is 1. The first-order valence-electron chi connectivity index (χ1n) is 4.59. The average molecular weight is 327 g/mol. The molecule has 1 aromatic carbocycles. The number of hydrogen-bond donors (Lipinski definition) is 1. The maximum atomic E-state index is 11.2. The smallest absolute Gasteiger partial charge is 0.159 e. The normalized spacial score (nSPS) is 13.0. The Morgan fingerprint density at radius 3 is 2.44 bits per heavy atom. The van der Waals surface area contributed by atoms with Crippen LogP contribution in [0.25, 0.3) is 0 Å². The number of nitrogens with zero attached hydrogens (tertiary/aromatic N) is 1. The summed E-state index contributed by atoms with van der Waals surface area (Å²) in [6.07, 6.45) is -0.929. The molecule has 0 amide bonds. The van der Waals surface area contributed by atoms with Crippen molar-refractivity contribution in [2.75, 3.05) is 0 Å². The number of halogens is 1. The maximum absolute atomic E-state index is 11.2. The first kappa shape index (κ1) is 12.9. The van der Waals surface area contributed by atoms with Gasteiger partial charge in [-0.15, -0.1) is 0 Å². The van der Waals surface area contributed by atoms with Crippen molar-refractivity contribution in [1.82, 2.24) is 0 Å². The summed E-state index contributed by atoms with van der Waals surface area (Å²) in [5, 5.41) is 18.6. The highest BCUT2D eigenvalue weighted by Crippen LogP contribution is 2.23. The number of benzene rings is 1. The summed E-state index contributed by atoms with van der Waals surface area (Å²) in [5.41, 5.74) is 1.49. The van der Waals surface area contributed by atoms with Gasteiger partial charge in [-0.2, -0.15) is 5.26 Å². The van der Waals surface area contributed by atoms with E-state index in [1.54, 1.807) is 28.3 Å². The Kier molecular flexibility index (Phi) is 4.65. The molecule has 82 valence electrons. The predicted octanol–water partition coefficient (Wildman–Crippen LogP) is 2.50. The summed E-state index contributed by atoms with van der Waals surface area (Å²) in [5.74, 6) is -0.161. The van der Waals surface area contributed by atoms with E-state index in [2.05, 4.69) is 0 Å². The van der Waals surface area contributed by atoms with Crippen LogP contribution in [0, 0.1) is 11.3 Å². The van der Waals surface area contributed by atoms with Gasteiger partial charge in [-0.3, -0.25) is 4.79 Å². The Morgan fingerprint density at radius 2 is 2.06 bits per heavy atom. The maximum Gasteiger partial charge on any atom is 0.159 e. The van der Waals surface area contributed by atoms with Crippen molar-refractivity contribution < 1.29 is 9.90 Å². The highest BCUT2D eigenvalue weighted by atomic mass is 127. The topological polar surface area (TPSA) is 61.1 Å². The third-order valence-corrected chi connectivity index (χ3v) is 2.85. The summed E-state index contributed by atoms with van der Waals surface area (Å²) >= 11 is 1.93. The van der Waals surface area contributed by atoms with Crippen LogP contribution in [0.5, 0.6) is 0 Å². The van der Waals surface area contributed by atoms with E-state index >= 15 is 0 Å². The molecule has 0 aliphatic rings.